The summed E-state index contributed by atoms with van der Waals surface area (Å²) in [6, 6.07) is 5.48. The molecule has 0 atom stereocenters. The normalized spacial score (nSPS) is 10.7. The molecule has 0 aliphatic carbocycles. The van der Waals surface area contributed by atoms with Crippen molar-refractivity contribution in [3.05, 3.63) is 29.3 Å². The molecule has 0 aliphatic rings. The minimum Gasteiger partial charge on any atom is -0.467 e. The molecule has 1 rings (SSSR count). The number of nitrogens with zero attached hydrogens (tertiary/aromatic N) is 1. The van der Waals surface area contributed by atoms with E-state index in [1.165, 1.54) is 6.21 Å². The van der Waals surface area contributed by atoms with E-state index in [1.54, 1.807) is 13.2 Å². The van der Waals surface area contributed by atoms with Crippen LogP contribution in [0.25, 0.3) is 0 Å². The maximum Gasteiger partial charge on any atom is 0.188 e. The Morgan fingerprint density at radius 3 is 2.86 bits per heavy atom. The summed E-state index contributed by atoms with van der Waals surface area (Å²) < 4.78 is 10.1. The van der Waals surface area contributed by atoms with Crippen LogP contribution in [0.5, 0.6) is 5.75 Å². The minimum atomic E-state index is 0.230. The fraction of sp³-hybridized carbons (Fsp3) is 0.300. The van der Waals surface area contributed by atoms with Crippen LogP contribution >= 0.6 is 0 Å². The quantitative estimate of drug-likeness (QED) is 0.345. The first-order valence-electron chi connectivity index (χ1n) is 4.17. The number of benzene rings is 1. The predicted molar refractivity (Wildman–Crippen MR) is 53.1 cm³/mol. The average molecular weight is 195 g/mol. The van der Waals surface area contributed by atoms with E-state index in [0.29, 0.717) is 0 Å². The van der Waals surface area contributed by atoms with E-state index in [1.807, 2.05) is 19.1 Å². The zero-order valence-corrected chi connectivity index (χ0v) is 8.23. The van der Waals surface area contributed by atoms with E-state index in [0.717, 1.165) is 16.9 Å². The van der Waals surface area contributed by atoms with Crippen LogP contribution in [-0.4, -0.2) is 25.3 Å². The molecule has 0 aromatic heterocycles. The van der Waals surface area contributed by atoms with E-state index in [2.05, 4.69) is 5.16 Å². The molecule has 1 N–H and O–H groups in total. The molecule has 0 amide bonds. The van der Waals surface area contributed by atoms with Gasteiger partial charge < -0.3 is 14.7 Å². The molecule has 0 radical (unpaired) electrons. The summed E-state index contributed by atoms with van der Waals surface area (Å²) in [5.41, 5.74) is 1.80. The number of rotatable bonds is 4. The van der Waals surface area contributed by atoms with Crippen LogP contribution < -0.4 is 4.74 Å². The van der Waals surface area contributed by atoms with Gasteiger partial charge in [-0.1, -0.05) is 5.16 Å². The summed E-state index contributed by atoms with van der Waals surface area (Å²) in [4.78, 5) is 0. The Hall–Kier alpha value is -1.55. The van der Waals surface area contributed by atoms with Crippen LogP contribution in [0.3, 0.4) is 0 Å². The summed E-state index contributed by atoms with van der Waals surface area (Å²) in [5.74, 6) is 0.766. The molecule has 1 aromatic carbocycles. The topological polar surface area (TPSA) is 51.0 Å². The Morgan fingerprint density at radius 2 is 2.29 bits per heavy atom. The molecule has 0 saturated carbocycles. The van der Waals surface area contributed by atoms with Gasteiger partial charge in [-0.2, -0.15) is 0 Å². The molecule has 1 aromatic rings. The lowest BCUT2D eigenvalue weighted by Gasteiger charge is -2.07. The van der Waals surface area contributed by atoms with Gasteiger partial charge in [-0.15, -0.1) is 0 Å². The smallest absolute Gasteiger partial charge is 0.188 e. The van der Waals surface area contributed by atoms with Crippen molar-refractivity contribution in [2.75, 3.05) is 13.9 Å². The molecule has 4 heteroatoms. The second-order valence-electron chi connectivity index (χ2n) is 2.82. The third kappa shape index (κ3) is 2.74. The molecule has 0 spiro atoms. The van der Waals surface area contributed by atoms with Crippen molar-refractivity contribution >= 4 is 6.21 Å². The van der Waals surface area contributed by atoms with Crippen LogP contribution in [0.2, 0.25) is 0 Å². The number of hydrogen-bond donors (Lipinski definition) is 1. The Balaban J connectivity index is 2.79. The Kier molecular flexibility index (Phi) is 3.94. The maximum atomic E-state index is 8.34. The SMILES string of the molecule is COCOc1ccc(C=NO)cc1C. The second-order valence-corrected chi connectivity index (χ2v) is 2.82. The third-order valence-corrected chi connectivity index (χ3v) is 1.74. The van der Waals surface area contributed by atoms with Gasteiger partial charge in [-0.05, 0) is 36.2 Å². The van der Waals surface area contributed by atoms with Crippen LogP contribution in [0.4, 0.5) is 0 Å². The minimum absolute atomic E-state index is 0.230. The number of hydrogen-bond acceptors (Lipinski definition) is 4. The molecule has 0 bridgehead atoms. The summed E-state index contributed by atoms with van der Waals surface area (Å²) >= 11 is 0. The standard InChI is InChI=1S/C10H13NO3/c1-8-5-9(6-11-12)3-4-10(8)14-7-13-2/h3-6,12H,7H2,1-2H3. The number of oxime groups is 1. The summed E-state index contributed by atoms with van der Waals surface area (Å²) in [6.45, 7) is 2.15. The van der Waals surface area contributed by atoms with Crippen LogP contribution in [-0.2, 0) is 4.74 Å². The number of methoxy groups -OCH3 is 1. The zero-order valence-electron chi connectivity index (χ0n) is 8.23. The Labute approximate surface area is 82.8 Å². The van der Waals surface area contributed by atoms with Crippen LogP contribution in [0.15, 0.2) is 23.4 Å². The van der Waals surface area contributed by atoms with Gasteiger partial charge >= 0.3 is 0 Å². The highest BCUT2D eigenvalue weighted by atomic mass is 16.7. The fourth-order valence-electron chi connectivity index (χ4n) is 1.10. The Morgan fingerprint density at radius 1 is 1.50 bits per heavy atom. The van der Waals surface area contributed by atoms with E-state index in [4.69, 9.17) is 14.7 Å². The van der Waals surface area contributed by atoms with Gasteiger partial charge in [0.1, 0.15) is 5.75 Å². The fourth-order valence-corrected chi connectivity index (χ4v) is 1.10. The van der Waals surface area contributed by atoms with Crippen molar-refractivity contribution in [1.29, 1.82) is 0 Å². The van der Waals surface area contributed by atoms with E-state index >= 15 is 0 Å². The van der Waals surface area contributed by atoms with Gasteiger partial charge in [0.2, 0.25) is 0 Å². The molecule has 0 aliphatic heterocycles. The highest BCUT2D eigenvalue weighted by Gasteiger charge is 1.99. The molecular formula is C10H13NO3. The molecule has 0 unspecified atom stereocenters. The lowest BCUT2D eigenvalue weighted by Crippen LogP contribution is -2.00. The monoisotopic (exact) mass is 195 g/mol. The molecule has 14 heavy (non-hydrogen) atoms. The number of aryl methyl sites for hydroxylation is 1. The van der Waals surface area contributed by atoms with Crippen LogP contribution in [0.1, 0.15) is 11.1 Å². The predicted octanol–water partition coefficient (Wildman–Crippen LogP) is 1.79. The van der Waals surface area contributed by atoms with Crippen molar-refractivity contribution in [2.45, 2.75) is 6.92 Å². The zero-order chi connectivity index (χ0) is 10.4. The maximum absolute atomic E-state index is 8.34. The van der Waals surface area contributed by atoms with Crippen molar-refractivity contribution in [3.8, 4) is 5.75 Å². The van der Waals surface area contributed by atoms with Gasteiger partial charge in [-0.3, -0.25) is 0 Å². The van der Waals surface area contributed by atoms with Crippen molar-refractivity contribution < 1.29 is 14.7 Å². The van der Waals surface area contributed by atoms with Gasteiger partial charge in [0.05, 0.1) is 6.21 Å². The van der Waals surface area contributed by atoms with Crippen molar-refractivity contribution in [2.24, 2.45) is 5.16 Å². The van der Waals surface area contributed by atoms with Gasteiger partial charge in [0.15, 0.2) is 6.79 Å². The second kappa shape index (κ2) is 5.24. The van der Waals surface area contributed by atoms with E-state index in [-0.39, 0.29) is 6.79 Å². The summed E-state index contributed by atoms with van der Waals surface area (Å²) in [6.07, 6.45) is 1.37. The molecule has 0 saturated heterocycles. The summed E-state index contributed by atoms with van der Waals surface area (Å²) in [7, 11) is 1.57. The Bertz CT molecular complexity index is 323. The molecule has 0 heterocycles. The molecular weight excluding hydrogens is 182 g/mol. The van der Waals surface area contributed by atoms with Crippen molar-refractivity contribution in [1.82, 2.24) is 0 Å². The average Bonchev–Trinajstić information content (AvgIpc) is 2.17. The van der Waals surface area contributed by atoms with Gasteiger partial charge in [0.25, 0.3) is 0 Å². The number of ether oxygens (including phenoxy) is 2. The lowest BCUT2D eigenvalue weighted by atomic mass is 10.1. The van der Waals surface area contributed by atoms with E-state index < -0.39 is 0 Å². The first kappa shape index (κ1) is 10.5. The summed E-state index contributed by atoms with van der Waals surface area (Å²) in [5, 5.41) is 11.3. The molecule has 0 fully saturated rings. The van der Waals surface area contributed by atoms with Gasteiger partial charge in [-0.25, -0.2) is 0 Å². The third-order valence-electron chi connectivity index (χ3n) is 1.74. The highest BCUT2D eigenvalue weighted by molar-refractivity contribution is 5.79. The highest BCUT2D eigenvalue weighted by Crippen LogP contribution is 2.18. The molecule has 76 valence electrons. The molecule has 4 nitrogen and oxygen atoms in total. The van der Waals surface area contributed by atoms with E-state index in [9.17, 15) is 0 Å². The van der Waals surface area contributed by atoms with Crippen molar-refractivity contribution in [3.63, 3.8) is 0 Å². The van der Waals surface area contributed by atoms with Crippen LogP contribution in [0, 0.1) is 6.92 Å². The first-order chi connectivity index (χ1) is 6.77. The van der Waals surface area contributed by atoms with Gasteiger partial charge in [0, 0.05) is 7.11 Å². The first-order valence-corrected chi connectivity index (χ1v) is 4.17. The lowest BCUT2D eigenvalue weighted by molar-refractivity contribution is 0.0506. The largest absolute Gasteiger partial charge is 0.467 e.